The van der Waals surface area contributed by atoms with E-state index in [0.717, 1.165) is 36.4 Å². The molecule has 29 heavy (non-hydrogen) atoms. The van der Waals surface area contributed by atoms with Gasteiger partial charge in [-0.15, -0.1) is 0 Å². The van der Waals surface area contributed by atoms with Crippen molar-refractivity contribution in [1.29, 1.82) is 0 Å². The molecule has 2 aromatic carbocycles. The first-order valence-electron chi connectivity index (χ1n) is 10.0. The summed E-state index contributed by atoms with van der Waals surface area (Å²) >= 11 is 0. The SMILES string of the molecule is CCN(CC)c1ccc(NC(=O)c2cccc(C(=O)NCCCOC)c2)c(C)c1. The number of anilines is 2. The fourth-order valence-electron chi connectivity index (χ4n) is 3.09. The van der Waals surface area contributed by atoms with Crippen molar-refractivity contribution in [2.45, 2.75) is 27.2 Å². The van der Waals surface area contributed by atoms with Crippen LogP contribution in [0, 0.1) is 6.92 Å². The van der Waals surface area contributed by atoms with Crippen LogP contribution >= 0.6 is 0 Å². The summed E-state index contributed by atoms with van der Waals surface area (Å²) in [6.07, 6.45) is 0.741. The molecule has 2 rings (SSSR count). The third-order valence-corrected chi connectivity index (χ3v) is 4.78. The Hall–Kier alpha value is -2.86. The Balaban J connectivity index is 2.06. The van der Waals surface area contributed by atoms with E-state index in [4.69, 9.17) is 4.74 Å². The van der Waals surface area contributed by atoms with Crippen molar-refractivity contribution in [3.8, 4) is 0 Å². The largest absolute Gasteiger partial charge is 0.385 e. The van der Waals surface area contributed by atoms with Gasteiger partial charge >= 0.3 is 0 Å². The molecule has 0 aliphatic rings. The first-order chi connectivity index (χ1) is 14.0. The molecule has 0 atom stereocenters. The molecule has 0 saturated heterocycles. The maximum Gasteiger partial charge on any atom is 0.255 e. The van der Waals surface area contributed by atoms with E-state index >= 15 is 0 Å². The Morgan fingerprint density at radius 2 is 1.69 bits per heavy atom. The second kappa shape index (κ2) is 11.2. The summed E-state index contributed by atoms with van der Waals surface area (Å²) in [7, 11) is 1.63. The van der Waals surface area contributed by atoms with Gasteiger partial charge in [-0.3, -0.25) is 9.59 Å². The van der Waals surface area contributed by atoms with Crippen molar-refractivity contribution in [1.82, 2.24) is 5.32 Å². The molecule has 2 N–H and O–H groups in total. The Morgan fingerprint density at radius 1 is 1.00 bits per heavy atom. The van der Waals surface area contributed by atoms with Gasteiger partial charge in [0.15, 0.2) is 0 Å². The van der Waals surface area contributed by atoms with Gasteiger partial charge in [0.25, 0.3) is 11.8 Å². The highest BCUT2D eigenvalue weighted by atomic mass is 16.5. The Kier molecular flexibility index (Phi) is 8.68. The van der Waals surface area contributed by atoms with Gasteiger partial charge < -0.3 is 20.3 Å². The molecule has 6 nitrogen and oxygen atoms in total. The molecule has 2 aromatic rings. The zero-order valence-electron chi connectivity index (χ0n) is 17.7. The van der Waals surface area contributed by atoms with Gasteiger partial charge in [-0.05, 0) is 69.2 Å². The molecule has 0 heterocycles. The fraction of sp³-hybridized carbons (Fsp3) is 0.391. The fourth-order valence-corrected chi connectivity index (χ4v) is 3.09. The van der Waals surface area contributed by atoms with Crippen molar-refractivity contribution < 1.29 is 14.3 Å². The van der Waals surface area contributed by atoms with Gasteiger partial charge in [-0.1, -0.05) is 6.07 Å². The number of amides is 2. The number of hydrogen-bond acceptors (Lipinski definition) is 4. The summed E-state index contributed by atoms with van der Waals surface area (Å²) in [6, 6.07) is 12.7. The van der Waals surface area contributed by atoms with Gasteiger partial charge in [0.05, 0.1) is 0 Å². The lowest BCUT2D eigenvalue weighted by atomic mass is 10.1. The van der Waals surface area contributed by atoms with Crippen molar-refractivity contribution in [2.24, 2.45) is 0 Å². The molecular formula is C23H31N3O3. The normalized spacial score (nSPS) is 10.5. The van der Waals surface area contributed by atoms with Crippen molar-refractivity contribution in [3.05, 3.63) is 59.2 Å². The van der Waals surface area contributed by atoms with Crippen LogP contribution in [0.4, 0.5) is 11.4 Å². The summed E-state index contributed by atoms with van der Waals surface area (Å²) in [5, 5.41) is 5.78. The number of hydrogen-bond donors (Lipinski definition) is 2. The number of nitrogens with zero attached hydrogens (tertiary/aromatic N) is 1. The zero-order valence-corrected chi connectivity index (χ0v) is 17.7. The van der Waals surface area contributed by atoms with Gasteiger partial charge in [0, 0.05) is 55.9 Å². The van der Waals surface area contributed by atoms with Crippen LogP contribution in [0.1, 0.15) is 46.5 Å². The molecule has 0 aliphatic carbocycles. The van der Waals surface area contributed by atoms with Crippen LogP contribution in [0.25, 0.3) is 0 Å². The third kappa shape index (κ3) is 6.32. The molecular weight excluding hydrogens is 366 g/mol. The van der Waals surface area contributed by atoms with Crippen LogP contribution < -0.4 is 15.5 Å². The third-order valence-electron chi connectivity index (χ3n) is 4.78. The van der Waals surface area contributed by atoms with Gasteiger partial charge in [-0.25, -0.2) is 0 Å². The highest BCUT2D eigenvalue weighted by Crippen LogP contribution is 2.23. The van der Waals surface area contributed by atoms with E-state index in [0.29, 0.717) is 24.3 Å². The van der Waals surface area contributed by atoms with Gasteiger partial charge in [0.2, 0.25) is 0 Å². The molecule has 0 aromatic heterocycles. The highest BCUT2D eigenvalue weighted by Gasteiger charge is 2.12. The zero-order chi connectivity index (χ0) is 21.2. The van der Waals surface area contributed by atoms with E-state index in [2.05, 4.69) is 35.4 Å². The minimum absolute atomic E-state index is 0.199. The number of carbonyl (C=O) groups is 2. The highest BCUT2D eigenvalue weighted by molar-refractivity contribution is 6.06. The summed E-state index contributed by atoms with van der Waals surface area (Å²) in [5.74, 6) is -0.437. The van der Waals surface area contributed by atoms with Crippen molar-refractivity contribution in [2.75, 3.05) is 43.6 Å². The van der Waals surface area contributed by atoms with E-state index < -0.39 is 0 Å². The molecule has 0 fully saturated rings. The predicted molar refractivity (Wildman–Crippen MR) is 118 cm³/mol. The monoisotopic (exact) mass is 397 g/mol. The first-order valence-corrected chi connectivity index (χ1v) is 10.0. The standard InChI is InChI=1S/C23H31N3O3/c1-5-26(6-2)20-11-12-21(17(3)15-20)25-23(28)19-10-7-9-18(16-19)22(27)24-13-8-14-29-4/h7,9-12,15-16H,5-6,8,13-14H2,1-4H3,(H,24,27)(H,25,28). The molecule has 0 unspecified atom stereocenters. The minimum Gasteiger partial charge on any atom is -0.385 e. The first kappa shape index (κ1) is 22.4. The van der Waals surface area contributed by atoms with Crippen LogP contribution in [-0.4, -0.2) is 45.2 Å². The Morgan fingerprint density at radius 3 is 2.31 bits per heavy atom. The van der Waals surface area contributed by atoms with E-state index in [1.807, 2.05) is 19.1 Å². The van der Waals surface area contributed by atoms with Gasteiger partial charge in [0.1, 0.15) is 0 Å². The summed E-state index contributed by atoms with van der Waals surface area (Å²) < 4.78 is 4.97. The average molecular weight is 398 g/mol. The summed E-state index contributed by atoms with van der Waals surface area (Å²) in [6.45, 7) is 9.21. The molecule has 0 aliphatic heterocycles. The van der Waals surface area contributed by atoms with Crippen LogP contribution in [0.5, 0.6) is 0 Å². The lowest BCUT2D eigenvalue weighted by Gasteiger charge is -2.22. The Labute approximate surface area is 173 Å². The quantitative estimate of drug-likeness (QED) is 0.597. The molecule has 0 saturated carbocycles. The second-order valence-electron chi connectivity index (χ2n) is 6.81. The molecule has 2 amide bonds. The molecule has 0 spiro atoms. The number of aryl methyl sites for hydroxylation is 1. The average Bonchev–Trinajstić information content (AvgIpc) is 2.74. The molecule has 6 heteroatoms. The maximum atomic E-state index is 12.7. The number of benzene rings is 2. The van der Waals surface area contributed by atoms with Crippen LogP contribution in [-0.2, 0) is 4.74 Å². The Bertz CT molecular complexity index is 832. The van der Waals surface area contributed by atoms with Crippen LogP contribution in [0.2, 0.25) is 0 Å². The number of carbonyl (C=O) groups excluding carboxylic acids is 2. The lowest BCUT2D eigenvalue weighted by Crippen LogP contribution is -2.25. The van der Waals surface area contributed by atoms with E-state index in [1.165, 1.54) is 0 Å². The number of ether oxygens (including phenoxy) is 1. The summed E-state index contributed by atoms with van der Waals surface area (Å²) in [4.78, 5) is 27.2. The number of rotatable bonds is 10. The smallest absolute Gasteiger partial charge is 0.255 e. The number of nitrogens with one attached hydrogen (secondary N) is 2. The van der Waals surface area contributed by atoms with E-state index in [1.54, 1.807) is 31.4 Å². The maximum absolute atomic E-state index is 12.7. The predicted octanol–water partition coefficient (Wildman–Crippen LogP) is 3.86. The van der Waals surface area contributed by atoms with E-state index in [9.17, 15) is 9.59 Å². The molecule has 156 valence electrons. The van der Waals surface area contributed by atoms with E-state index in [-0.39, 0.29) is 11.8 Å². The minimum atomic E-state index is -0.238. The van der Waals surface area contributed by atoms with Crippen molar-refractivity contribution in [3.63, 3.8) is 0 Å². The molecule has 0 bridgehead atoms. The lowest BCUT2D eigenvalue weighted by molar-refractivity contribution is 0.0948. The summed E-state index contributed by atoms with van der Waals surface area (Å²) in [5.41, 5.74) is 3.80. The van der Waals surface area contributed by atoms with Crippen molar-refractivity contribution >= 4 is 23.2 Å². The topological polar surface area (TPSA) is 70.7 Å². The van der Waals surface area contributed by atoms with Crippen LogP contribution in [0.15, 0.2) is 42.5 Å². The van der Waals surface area contributed by atoms with Gasteiger partial charge in [-0.2, -0.15) is 0 Å². The molecule has 0 radical (unpaired) electrons. The number of methoxy groups -OCH3 is 1. The van der Waals surface area contributed by atoms with Crippen LogP contribution in [0.3, 0.4) is 0 Å². The second-order valence-corrected chi connectivity index (χ2v) is 6.81.